The summed E-state index contributed by atoms with van der Waals surface area (Å²) in [6.45, 7) is 9.05. The van der Waals surface area contributed by atoms with E-state index in [1.165, 1.54) is 34.8 Å². The molecule has 134 valence electrons. The fraction of sp³-hybridized carbons (Fsp3) is 0.333. The van der Waals surface area contributed by atoms with E-state index < -0.39 is 0 Å². The minimum absolute atomic E-state index is 0.314. The third-order valence-electron chi connectivity index (χ3n) is 6.03. The van der Waals surface area contributed by atoms with Crippen LogP contribution < -0.4 is 9.80 Å². The van der Waals surface area contributed by atoms with E-state index in [2.05, 4.69) is 104 Å². The van der Waals surface area contributed by atoms with E-state index in [1.807, 2.05) is 0 Å². The molecule has 2 aliphatic heterocycles. The van der Waals surface area contributed by atoms with Gasteiger partial charge in [-0.05, 0) is 49.9 Å². The molecule has 2 aliphatic rings. The van der Waals surface area contributed by atoms with Gasteiger partial charge in [-0.3, -0.25) is 0 Å². The lowest BCUT2D eigenvalue weighted by Crippen LogP contribution is -2.48. The van der Waals surface area contributed by atoms with Gasteiger partial charge in [0.05, 0.1) is 11.4 Å². The first-order valence-electron chi connectivity index (χ1n) is 9.78. The zero-order chi connectivity index (χ0) is 18.3. The summed E-state index contributed by atoms with van der Waals surface area (Å²) in [6.07, 6.45) is 6.01. The molecule has 2 heterocycles. The van der Waals surface area contributed by atoms with E-state index in [1.54, 1.807) is 0 Å². The van der Waals surface area contributed by atoms with Crippen LogP contribution in [0.1, 0.15) is 45.6 Å². The van der Waals surface area contributed by atoms with Crippen LogP contribution in [0.25, 0.3) is 0 Å². The van der Waals surface area contributed by atoms with Gasteiger partial charge in [-0.15, -0.1) is 0 Å². The third-order valence-corrected chi connectivity index (χ3v) is 6.03. The number of benzene rings is 2. The number of hydrogen-bond donors (Lipinski definition) is 0. The lowest BCUT2D eigenvalue weighted by Gasteiger charge is -2.45. The highest BCUT2D eigenvalue weighted by atomic mass is 15.4. The molecule has 26 heavy (non-hydrogen) atoms. The first-order valence-corrected chi connectivity index (χ1v) is 9.78. The lowest BCUT2D eigenvalue weighted by atomic mass is 9.78. The molecule has 0 radical (unpaired) electrons. The van der Waals surface area contributed by atoms with Gasteiger partial charge >= 0.3 is 0 Å². The molecule has 0 aliphatic carbocycles. The van der Waals surface area contributed by atoms with Gasteiger partial charge in [0.2, 0.25) is 0 Å². The van der Waals surface area contributed by atoms with Crippen LogP contribution in [0, 0.1) is 5.92 Å². The van der Waals surface area contributed by atoms with Crippen LogP contribution in [0.4, 0.5) is 11.4 Å². The van der Waals surface area contributed by atoms with E-state index in [0.717, 1.165) is 0 Å². The maximum Gasteiger partial charge on any atom is 0.114 e. The van der Waals surface area contributed by atoms with Gasteiger partial charge in [-0.1, -0.05) is 62.4 Å². The second-order valence-electron chi connectivity index (χ2n) is 7.27. The molecule has 4 rings (SSSR count). The fourth-order valence-electron chi connectivity index (χ4n) is 4.95. The molecule has 0 aromatic heterocycles. The molecule has 3 atom stereocenters. The number of rotatable bonds is 2. The summed E-state index contributed by atoms with van der Waals surface area (Å²) in [6, 6.07) is 19.8. The van der Waals surface area contributed by atoms with E-state index in [-0.39, 0.29) is 0 Å². The minimum Gasteiger partial charge on any atom is -0.318 e. The third kappa shape index (κ3) is 2.32. The smallest absolute Gasteiger partial charge is 0.114 e. The van der Waals surface area contributed by atoms with Crippen LogP contribution in [0.5, 0.6) is 0 Å². The normalized spacial score (nSPS) is 27.8. The first kappa shape index (κ1) is 17.0. The highest BCUT2D eigenvalue weighted by Crippen LogP contribution is 2.52. The second kappa shape index (κ2) is 6.68. The molecule has 0 saturated carbocycles. The number of nitrogens with zero attached hydrogens (tertiary/aromatic N) is 2. The standard InChI is InChI=1S/C24H28N2/c1-5-19-17(4)24-25(18-13-9-8-10-14-18)21(6-2)22(7-3)26(24)23-16-12-11-15-20(19)23/h6-17,19,24H,5H2,1-4H3/b21-6?,22-7+. The minimum atomic E-state index is 0.314. The Kier molecular flexibility index (Phi) is 4.36. The van der Waals surface area contributed by atoms with Crippen molar-refractivity contribution in [2.45, 2.75) is 46.2 Å². The Morgan fingerprint density at radius 3 is 2.12 bits per heavy atom. The molecule has 2 heteroatoms. The maximum atomic E-state index is 2.56. The number of allylic oxidation sites excluding steroid dienone is 2. The highest BCUT2D eigenvalue weighted by molar-refractivity contribution is 5.75. The van der Waals surface area contributed by atoms with Crippen LogP contribution in [-0.2, 0) is 0 Å². The summed E-state index contributed by atoms with van der Waals surface area (Å²) in [5.74, 6) is 1.11. The lowest BCUT2D eigenvalue weighted by molar-refractivity contribution is 0.358. The Bertz CT molecular complexity index is 850. The predicted octanol–water partition coefficient (Wildman–Crippen LogP) is 6.29. The topological polar surface area (TPSA) is 6.48 Å². The van der Waals surface area contributed by atoms with Crippen LogP contribution in [0.3, 0.4) is 0 Å². The average Bonchev–Trinajstić information content (AvgIpc) is 3.04. The number of para-hydroxylation sites is 2. The molecule has 2 aromatic carbocycles. The van der Waals surface area contributed by atoms with E-state index in [0.29, 0.717) is 18.0 Å². The Balaban J connectivity index is 1.96. The maximum absolute atomic E-state index is 2.56. The zero-order valence-corrected chi connectivity index (χ0v) is 16.2. The zero-order valence-electron chi connectivity index (χ0n) is 16.2. The molecule has 1 fully saturated rings. The number of anilines is 2. The molecule has 0 amide bonds. The van der Waals surface area contributed by atoms with Crippen LogP contribution in [0.15, 0.2) is 78.1 Å². The summed E-state index contributed by atoms with van der Waals surface area (Å²) in [5.41, 5.74) is 6.75. The van der Waals surface area contributed by atoms with Crippen LogP contribution in [-0.4, -0.2) is 6.17 Å². The fourth-order valence-corrected chi connectivity index (χ4v) is 4.95. The Labute approximate surface area is 157 Å². The average molecular weight is 345 g/mol. The molecule has 2 nitrogen and oxygen atoms in total. The van der Waals surface area contributed by atoms with Gasteiger partial charge in [0.25, 0.3) is 0 Å². The summed E-state index contributed by atoms with van der Waals surface area (Å²) in [5, 5.41) is 0. The SMILES string of the molecule is CC=C1/C(=C\C)N2c3ccccc3C(CC)C(C)C2N1c1ccccc1. The molecule has 0 N–H and O–H groups in total. The van der Waals surface area contributed by atoms with Gasteiger partial charge in [0, 0.05) is 17.3 Å². The van der Waals surface area contributed by atoms with Gasteiger partial charge in [0.15, 0.2) is 0 Å². The van der Waals surface area contributed by atoms with Crippen molar-refractivity contribution >= 4 is 11.4 Å². The van der Waals surface area contributed by atoms with Crippen LogP contribution in [0.2, 0.25) is 0 Å². The Morgan fingerprint density at radius 1 is 0.846 bits per heavy atom. The second-order valence-corrected chi connectivity index (χ2v) is 7.27. The molecule has 0 bridgehead atoms. The van der Waals surface area contributed by atoms with Crippen molar-refractivity contribution in [1.82, 2.24) is 0 Å². The van der Waals surface area contributed by atoms with Crippen LogP contribution >= 0.6 is 0 Å². The first-order chi connectivity index (χ1) is 12.7. The molecule has 0 spiro atoms. The van der Waals surface area contributed by atoms with Crippen molar-refractivity contribution in [3.63, 3.8) is 0 Å². The number of fused-ring (bicyclic) bond motifs is 3. The largest absolute Gasteiger partial charge is 0.318 e. The van der Waals surface area contributed by atoms with Crippen molar-refractivity contribution in [1.29, 1.82) is 0 Å². The van der Waals surface area contributed by atoms with Crippen molar-refractivity contribution in [3.05, 3.63) is 83.7 Å². The molecule has 2 aromatic rings. The van der Waals surface area contributed by atoms with Crippen molar-refractivity contribution in [2.75, 3.05) is 9.80 Å². The van der Waals surface area contributed by atoms with Crippen molar-refractivity contribution in [3.8, 4) is 0 Å². The summed E-state index contributed by atoms with van der Waals surface area (Å²) in [7, 11) is 0. The van der Waals surface area contributed by atoms with E-state index >= 15 is 0 Å². The molecule has 1 saturated heterocycles. The predicted molar refractivity (Wildman–Crippen MR) is 111 cm³/mol. The van der Waals surface area contributed by atoms with Gasteiger partial charge < -0.3 is 9.80 Å². The number of hydrogen-bond acceptors (Lipinski definition) is 2. The van der Waals surface area contributed by atoms with Gasteiger partial charge in [-0.2, -0.15) is 0 Å². The monoisotopic (exact) mass is 344 g/mol. The van der Waals surface area contributed by atoms with E-state index in [9.17, 15) is 0 Å². The Hall–Kier alpha value is -2.48. The summed E-state index contributed by atoms with van der Waals surface area (Å²) >= 11 is 0. The molecular weight excluding hydrogens is 316 g/mol. The Morgan fingerprint density at radius 2 is 1.46 bits per heavy atom. The summed E-state index contributed by atoms with van der Waals surface area (Å²) < 4.78 is 0. The van der Waals surface area contributed by atoms with Gasteiger partial charge in [-0.25, -0.2) is 0 Å². The van der Waals surface area contributed by atoms with Crippen molar-refractivity contribution in [2.24, 2.45) is 5.92 Å². The quantitative estimate of drug-likeness (QED) is 0.631. The highest BCUT2D eigenvalue weighted by Gasteiger charge is 2.48. The molecular formula is C24H28N2. The summed E-state index contributed by atoms with van der Waals surface area (Å²) in [4.78, 5) is 5.10. The van der Waals surface area contributed by atoms with Crippen molar-refractivity contribution < 1.29 is 0 Å². The molecule has 3 unspecified atom stereocenters. The van der Waals surface area contributed by atoms with E-state index in [4.69, 9.17) is 0 Å². The van der Waals surface area contributed by atoms with Gasteiger partial charge in [0.1, 0.15) is 6.17 Å².